The molecule has 10 heavy (non-hydrogen) atoms. The highest BCUT2D eigenvalue weighted by atomic mass is 16.5. The Hall–Kier alpha value is -0.120. The van der Waals surface area contributed by atoms with Gasteiger partial charge in [-0.3, -0.25) is 4.90 Å². The monoisotopic (exact) mass is 144 g/mol. The third-order valence-electron chi connectivity index (χ3n) is 2.13. The number of hydrogen-bond acceptors (Lipinski definition) is 3. The van der Waals surface area contributed by atoms with Crippen molar-refractivity contribution in [2.75, 3.05) is 26.9 Å². The number of hydrogen-bond donors (Lipinski definition) is 1. The number of methoxy groups -OCH3 is 1. The van der Waals surface area contributed by atoms with E-state index in [0.717, 1.165) is 25.9 Å². The van der Waals surface area contributed by atoms with E-state index in [2.05, 4.69) is 4.90 Å². The number of rotatable bonds is 2. The highest BCUT2D eigenvalue weighted by Crippen LogP contribution is 2.10. The Balaban J connectivity index is 2.17. The molecule has 1 heterocycles. The van der Waals surface area contributed by atoms with Crippen LogP contribution in [-0.2, 0) is 4.74 Å². The maximum Gasteiger partial charge on any atom is 0.0595 e. The molecule has 1 saturated heterocycles. The molecular formula is C7H16N2O. The first kappa shape index (κ1) is 7.98. The summed E-state index contributed by atoms with van der Waals surface area (Å²) in [5.41, 5.74) is 5.48. The molecule has 1 aliphatic rings. The van der Waals surface area contributed by atoms with E-state index in [9.17, 15) is 0 Å². The summed E-state index contributed by atoms with van der Waals surface area (Å²) in [5, 5.41) is 0. The van der Waals surface area contributed by atoms with Gasteiger partial charge >= 0.3 is 0 Å². The van der Waals surface area contributed by atoms with Crippen LogP contribution in [0.4, 0.5) is 0 Å². The van der Waals surface area contributed by atoms with E-state index in [1.165, 1.54) is 0 Å². The summed E-state index contributed by atoms with van der Waals surface area (Å²) in [4.78, 5) is 2.25. The molecule has 0 aromatic carbocycles. The first-order valence-electron chi connectivity index (χ1n) is 3.82. The minimum absolute atomic E-state index is 0.475. The smallest absolute Gasteiger partial charge is 0.0595 e. The second kappa shape index (κ2) is 3.91. The van der Waals surface area contributed by atoms with Gasteiger partial charge in [-0.2, -0.15) is 0 Å². The summed E-state index contributed by atoms with van der Waals surface area (Å²) in [5.74, 6) is 0. The zero-order valence-corrected chi connectivity index (χ0v) is 6.55. The summed E-state index contributed by atoms with van der Waals surface area (Å²) >= 11 is 0. The Labute approximate surface area is 62.1 Å². The average molecular weight is 144 g/mol. The molecule has 0 radical (unpaired) electrons. The number of nitrogens with zero attached hydrogens (tertiary/aromatic N) is 1. The fraction of sp³-hybridized carbons (Fsp3) is 1.00. The Morgan fingerprint density at radius 1 is 1.50 bits per heavy atom. The van der Waals surface area contributed by atoms with Crippen molar-refractivity contribution in [3.8, 4) is 0 Å². The molecule has 0 aliphatic carbocycles. The molecule has 1 rings (SSSR count). The standard InChI is InChI=1S/C7H16N2O/c1-10-7-2-4-9(6-8)5-3-7/h7H,2-6,8H2,1H3. The minimum Gasteiger partial charge on any atom is -0.381 e. The largest absolute Gasteiger partial charge is 0.381 e. The normalized spacial score (nSPS) is 23.4. The van der Waals surface area contributed by atoms with Crippen molar-refractivity contribution in [3.05, 3.63) is 0 Å². The first-order chi connectivity index (χ1) is 4.86. The first-order valence-corrected chi connectivity index (χ1v) is 3.82. The lowest BCUT2D eigenvalue weighted by Crippen LogP contribution is -2.39. The average Bonchev–Trinajstić information content (AvgIpc) is 2.05. The molecule has 1 fully saturated rings. The molecule has 2 N–H and O–H groups in total. The van der Waals surface area contributed by atoms with Crippen LogP contribution in [0.15, 0.2) is 0 Å². The van der Waals surface area contributed by atoms with E-state index in [4.69, 9.17) is 10.5 Å². The predicted octanol–water partition coefficient (Wildman–Crippen LogP) is 0.0134. The number of ether oxygens (including phenoxy) is 1. The topological polar surface area (TPSA) is 38.5 Å². The maximum absolute atomic E-state index is 5.48. The van der Waals surface area contributed by atoms with Crippen LogP contribution in [0.1, 0.15) is 12.8 Å². The van der Waals surface area contributed by atoms with E-state index in [1.807, 2.05) is 0 Å². The third kappa shape index (κ3) is 1.94. The van der Waals surface area contributed by atoms with Crippen molar-refractivity contribution in [2.24, 2.45) is 5.73 Å². The van der Waals surface area contributed by atoms with Gasteiger partial charge < -0.3 is 10.5 Å². The molecule has 0 saturated carbocycles. The van der Waals surface area contributed by atoms with Crippen molar-refractivity contribution in [2.45, 2.75) is 18.9 Å². The van der Waals surface area contributed by atoms with Crippen LogP contribution >= 0.6 is 0 Å². The van der Waals surface area contributed by atoms with E-state index < -0.39 is 0 Å². The van der Waals surface area contributed by atoms with Gasteiger partial charge in [0.15, 0.2) is 0 Å². The lowest BCUT2D eigenvalue weighted by molar-refractivity contribution is 0.0419. The van der Waals surface area contributed by atoms with Crippen LogP contribution in [0, 0.1) is 0 Å². The van der Waals surface area contributed by atoms with Gasteiger partial charge in [-0.05, 0) is 12.8 Å². The maximum atomic E-state index is 5.48. The second-order valence-electron chi connectivity index (χ2n) is 2.74. The summed E-state index contributed by atoms with van der Waals surface area (Å²) in [7, 11) is 1.78. The van der Waals surface area contributed by atoms with Crippen LogP contribution in [0.3, 0.4) is 0 Å². The third-order valence-corrected chi connectivity index (χ3v) is 2.13. The fourth-order valence-corrected chi connectivity index (χ4v) is 1.33. The van der Waals surface area contributed by atoms with Crippen molar-refractivity contribution in [3.63, 3.8) is 0 Å². The highest BCUT2D eigenvalue weighted by Gasteiger charge is 2.16. The minimum atomic E-state index is 0.475. The second-order valence-corrected chi connectivity index (χ2v) is 2.74. The highest BCUT2D eigenvalue weighted by molar-refractivity contribution is 4.70. The van der Waals surface area contributed by atoms with Crippen LogP contribution in [-0.4, -0.2) is 37.9 Å². The Kier molecular flexibility index (Phi) is 3.12. The van der Waals surface area contributed by atoms with Crippen LogP contribution in [0.2, 0.25) is 0 Å². The zero-order chi connectivity index (χ0) is 7.40. The lowest BCUT2D eigenvalue weighted by atomic mass is 10.1. The molecule has 0 aromatic rings. The summed E-state index contributed by atoms with van der Waals surface area (Å²) < 4.78 is 5.22. The molecule has 0 atom stereocenters. The quantitative estimate of drug-likeness (QED) is 0.593. The molecule has 0 amide bonds. The van der Waals surface area contributed by atoms with Gasteiger partial charge in [0.05, 0.1) is 6.10 Å². The zero-order valence-electron chi connectivity index (χ0n) is 6.55. The summed E-state index contributed by atoms with van der Waals surface area (Å²) in [6.07, 6.45) is 2.74. The van der Waals surface area contributed by atoms with Gasteiger partial charge in [0.25, 0.3) is 0 Å². The van der Waals surface area contributed by atoms with Crippen molar-refractivity contribution >= 4 is 0 Å². The number of likely N-dealkylation sites (tertiary alicyclic amines) is 1. The molecule has 0 bridgehead atoms. The predicted molar refractivity (Wildman–Crippen MR) is 40.7 cm³/mol. The van der Waals surface area contributed by atoms with Crippen LogP contribution in [0.25, 0.3) is 0 Å². The van der Waals surface area contributed by atoms with E-state index in [1.54, 1.807) is 7.11 Å². The molecule has 0 spiro atoms. The Morgan fingerprint density at radius 2 is 2.10 bits per heavy atom. The van der Waals surface area contributed by atoms with Crippen molar-refractivity contribution in [1.29, 1.82) is 0 Å². The lowest BCUT2D eigenvalue weighted by Gasteiger charge is -2.29. The van der Waals surface area contributed by atoms with Gasteiger partial charge in [-0.15, -0.1) is 0 Å². The summed E-state index contributed by atoms with van der Waals surface area (Å²) in [6.45, 7) is 2.88. The molecule has 3 nitrogen and oxygen atoms in total. The molecule has 3 heteroatoms. The fourth-order valence-electron chi connectivity index (χ4n) is 1.33. The van der Waals surface area contributed by atoms with Crippen LogP contribution in [0.5, 0.6) is 0 Å². The Bertz CT molecular complexity index is 77.6. The summed E-state index contributed by atoms with van der Waals surface area (Å²) in [6, 6.07) is 0. The molecule has 60 valence electrons. The van der Waals surface area contributed by atoms with Crippen molar-refractivity contribution < 1.29 is 4.74 Å². The van der Waals surface area contributed by atoms with E-state index >= 15 is 0 Å². The van der Waals surface area contributed by atoms with Gasteiger partial charge in [0.1, 0.15) is 0 Å². The van der Waals surface area contributed by atoms with Gasteiger partial charge in [0.2, 0.25) is 0 Å². The Morgan fingerprint density at radius 3 is 2.50 bits per heavy atom. The molecular weight excluding hydrogens is 128 g/mol. The number of piperidine rings is 1. The van der Waals surface area contributed by atoms with Gasteiger partial charge in [-0.1, -0.05) is 0 Å². The van der Waals surface area contributed by atoms with E-state index in [-0.39, 0.29) is 0 Å². The SMILES string of the molecule is COC1CCN(CN)CC1. The van der Waals surface area contributed by atoms with Gasteiger partial charge in [0, 0.05) is 26.9 Å². The molecule has 0 unspecified atom stereocenters. The van der Waals surface area contributed by atoms with Gasteiger partial charge in [-0.25, -0.2) is 0 Å². The van der Waals surface area contributed by atoms with Crippen LogP contribution < -0.4 is 5.73 Å². The molecule has 0 aromatic heterocycles. The van der Waals surface area contributed by atoms with E-state index in [0.29, 0.717) is 12.8 Å². The molecule has 1 aliphatic heterocycles. The van der Waals surface area contributed by atoms with Crippen molar-refractivity contribution in [1.82, 2.24) is 4.90 Å². The number of nitrogens with two attached hydrogens (primary N) is 1.